The number of nitriles is 1. The fraction of sp³-hybridized carbons (Fsp3) is 0.438. The number of carbonyl (C=O) groups excluding carboxylic acids is 1. The van der Waals surface area contributed by atoms with Crippen molar-refractivity contribution in [1.29, 1.82) is 5.26 Å². The molecular weight excluding hydrogens is 294 g/mol. The maximum atomic E-state index is 12.3. The number of nitrogens with zero attached hydrogens (tertiary/aromatic N) is 3. The lowest BCUT2D eigenvalue weighted by atomic mass is 9.92. The van der Waals surface area contributed by atoms with E-state index < -0.39 is 0 Å². The van der Waals surface area contributed by atoms with Crippen LogP contribution in [-0.4, -0.2) is 33.8 Å². The number of ether oxygens (including phenoxy) is 1. The number of aromatic nitrogens is 3. The van der Waals surface area contributed by atoms with Gasteiger partial charge in [-0.15, -0.1) is 0 Å². The van der Waals surface area contributed by atoms with Crippen LogP contribution in [0.1, 0.15) is 40.8 Å². The molecule has 1 saturated heterocycles. The summed E-state index contributed by atoms with van der Waals surface area (Å²) in [6, 6.07) is 7.27. The van der Waals surface area contributed by atoms with E-state index in [4.69, 9.17) is 10.00 Å². The Balaban J connectivity index is 1.65. The fourth-order valence-corrected chi connectivity index (χ4v) is 2.99. The Kier molecular flexibility index (Phi) is 4.44. The predicted molar refractivity (Wildman–Crippen MR) is 82.5 cm³/mol. The van der Waals surface area contributed by atoms with Crippen LogP contribution in [0.15, 0.2) is 24.4 Å². The molecule has 0 bridgehead atoms. The van der Waals surface area contributed by atoms with Gasteiger partial charge in [-0.2, -0.15) is 10.4 Å². The highest BCUT2D eigenvalue weighted by Gasteiger charge is 2.29. The summed E-state index contributed by atoms with van der Waals surface area (Å²) in [7, 11) is 1.71. The molecule has 0 aliphatic carbocycles. The van der Waals surface area contributed by atoms with Gasteiger partial charge in [0, 0.05) is 32.3 Å². The van der Waals surface area contributed by atoms with E-state index in [0.29, 0.717) is 17.9 Å². The quantitative estimate of drug-likeness (QED) is 0.894. The Morgan fingerprint density at radius 1 is 1.57 bits per heavy atom. The Hall–Kier alpha value is -2.59. The number of carbonyl (C=O) groups is 1. The van der Waals surface area contributed by atoms with Gasteiger partial charge >= 0.3 is 0 Å². The molecular formula is C16H19N5O2. The lowest BCUT2D eigenvalue weighted by molar-refractivity contribution is -0.0297. The minimum absolute atomic E-state index is 0.0744. The van der Waals surface area contributed by atoms with E-state index in [9.17, 15) is 4.79 Å². The Morgan fingerprint density at radius 3 is 3.13 bits per heavy atom. The van der Waals surface area contributed by atoms with Crippen molar-refractivity contribution in [3.63, 3.8) is 0 Å². The molecule has 0 radical (unpaired) electrons. The first-order chi connectivity index (χ1) is 11.2. The summed E-state index contributed by atoms with van der Waals surface area (Å²) in [5.41, 5.74) is 1.89. The third kappa shape index (κ3) is 3.12. The van der Waals surface area contributed by atoms with Crippen LogP contribution in [-0.2, 0) is 11.8 Å². The second kappa shape index (κ2) is 6.67. The lowest BCUT2D eigenvalue weighted by Crippen LogP contribution is -2.35. The topological polar surface area (TPSA) is 95.7 Å². The molecule has 7 nitrogen and oxygen atoms in total. The molecule has 1 aliphatic rings. The molecule has 1 aliphatic heterocycles. The monoisotopic (exact) mass is 313 g/mol. The maximum Gasteiger partial charge on any atom is 0.267 e. The summed E-state index contributed by atoms with van der Waals surface area (Å²) >= 11 is 0. The van der Waals surface area contributed by atoms with Gasteiger partial charge < -0.3 is 14.6 Å². The first-order valence-corrected chi connectivity index (χ1v) is 7.65. The highest BCUT2D eigenvalue weighted by Crippen LogP contribution is 2.32. The van der Waals surface area contributed by atoms with Crippen molar-refractivity contribution in [2.75, 3.05) is 13.2 Å². The van der Waals surface area contributed by atoms with Crippen LogP contribution in [0.2, 0.25) is 0 Å². The molecule has 3 rings (SSSR count). The van der Waals surface area contributed by atoms with Crippen LogP contribution in [0.4, 0.5) is 0 Å². The van der Waals surface area contributed by atoms with Gasteiger partial charge in [-0.3, -0.25) is 9.89 Å². The van der Waals surface area contributed by atoms with Gasteiger partial charge in [0.1, 0.15) is 23.6 Å². The van der Waals surface area contributed by atoms with Gasteiger partial charge in [0.05, 0.1) is 5.69 Å². The molecule has 2 aromatic heterocycles. The van der Waals surface area contributed by atoms with E-state index in [1.807, 2.05) is 6.07 Å². The minimum Gasteiger partial charge on any atom is -0.372 e. The van der Waals surface area contributed by atoms with Crippen molar-refractivity contribution in [1.82, 2.24) is 20.1 Å². The summed E-state index contributed by atoms with van der Waals surface area (Å²) in [5.74, 6) is 0.0202. The molecule has 2 N–H and O–H groups in total. The largest absolute Gasteiger partial charge is 0.372 e. The molecule has 1 amide bonds. The highest BCUT2D eigenvalue weighted by molar-refractivity contribution is 5.93. The van der Waals surface area contributed by atoms with Gasteiger partial charge in [-0.25, -0.2) is 0 Å². The van der Waals surface area contributed by atoms with E-state index >= 15 is 0 Å². The SMILES string of the molecule is Cn1c(C#N)ccc1C(=O)NC[C@@H]1CCCO[C@H]1c1ccn[nH]1. The molecule has 23 heavy (non-hydrogen) atoms. The van der Waals surface area contributed by atoms with Gasteiger partial charge in [-0.1, -0.05) is 0 Å². The van der Waals surface area contributed by atoms with Crippen molar-refractivity contribution in [2.45, 2.75) is 18.9 Å². The number of nitrogens with one attached hydrogen (secondary N) is 2. The summed E-state index contributed by atoms with van der Waals surface area (Å²) in [5, 5.41) is 18.8. The minimum atomic E-state index is -0.178. The number of amides is 1. The lowest BCUT2D eigenvalue weighted by Gasteiger charge is -2.31. The third-order valence-corrected chi connectivity index (χ3v) is 4.27. The smallest absolute Gasteiger partial charge is 0.267 e. The normalized spacial score (nSPS) is 20.9. The van der Waals surface area contributed by atoms with Crippen LogP contribution in [0.25, 0.3) is 0 Å². The van der Waals surface area contributed by atoms with Crippen molar-refractivity contribution in [3.8, 4) is 6.07 Å². The molecule has 2 aromatic rings. The van der Waals surface area contributed by atoms with Crippen LogP contribution < -0.4 is 5.32 Å². The zero-order valence-corrected chi connectivity index (χ0v) is 13.0. The zero-order valence-electron chi connectivity index (χ0n) is 13.0. The van der Waals surface area contributed by atoms with Gasteiger partial charge in [0.25, 0.3) is 5.91 Å². The molecule has 0 saturated carbocycles. The van der Waals surface area contributed by atoms with Crippen molar-refractivity contribution >= 4 is 5.91 Å². The van der Waals surface area contributed by atoms with Crippen molar-refractivity contribution in [3.05, 3.63) is 41.5 Å². The summed E-state index contributed by atoms with van der Waals surface area (Å²) < 4.78 is 7.44. The number of rotatable bonds is 4. The first-order valence-electron chi connectivity index (χ1n) is 7.65. The summed E-state index contributed by atoms with van der Waals surface area (Å²) in [6.07, 6.45) is 3.60. The predicted octanol–water partition coefficient (Wildman–Crippen LogP) is 1.52. The van der Waals surface area contributed by atoms with E-state index in [2.05, 4.69) is 21.6 Å². The van der Waals surface area contributed by atoms with E-state index in [1.54, 1.807) is 29.9 Å². The van der Waals surface area contributed by atoms with Crippen LogP contribution >= 0.6 is 0 Å². The molecule has 3 heterocycles. The maximum absolute atomic E-state index is 12.3. The van der Waals surface area contributed by atoms with Crippen LogP contribution in [0.5, 0.6) is 0 Å². The van der Waals surface area contributed by atoms with Crippen molar-refractivity contribution in [2.24, 2.45) is 13.0 Å². The molecule has 2 atom stereocenters. The standard InChI is InChI=1S/C16H19N5O2/c1-21-12(9-17)4-5-14(21)16(22)18-10-11-3-2-8-23-15(11)13-6-7-19-20-13/h4-7,11,15H,2-3,8,10H2,1H3,(H,18,22)(H,19,20)/t11-,15+/m0/s1. The van der Waals surface area contributed by atoms with Gasteiger partial charge in [0.2, 0.25) is 0 Å². The second-order valence-electron chi connectivity index (χ2n) is 5.69. The third-order valence-electron chi connectivity index (χ3n) is 4.27. The molecule has 120 valence electrons. The molecule has 1 fully saturated rings. The van der Waals surface area contributed by atoms with E-state index in [0.717, 1.165) is 25.1 Å². The number of hydrogen-bond acceptors (Lipinski definition) is 4. The van der Waals surface area contributed by atoms with E-state index in [1.165, 1.54) is 0 Å². The van der Waals surface area contributed by atoms with Crippen LogP contribution in [0.3, 0.4) is 0 Å². The molecule has 0 aromatic carbocycles. The number of H-pyrrole nitrogens is 1. The Labute approximate surface area is 134 Å². The zero-order chi connectivity index (χ0) is 16.2. The number of aromatic amines is 1. The van der Waals surface area contributed by atoms with Gasteiger partial charge in [-0.05, 0) is 31.0 Å². The molecule has 7 heteroatoms. The highest BCUT2D eigenvalue weighted by atomic mass is 16.5. The van der Waals surface area contributed by atoms with Crippen molar-refractivity contribution < 1.29 is 9.53 Å². The molecule has 0 spiro atoms. The van der Waals surface area contributed by atoms with E-state index in [-0.39, 0.29) is 17.9 Å². The van der Waals surface area contributed by atoms with Crippen LogP contribution in [0, 0.1) is 17.2 Å². The van der Waals surface area contributed by atoms with Gasteiger partial charge in [0.15, 0.2) is 0 Å². The Bertz CT molecular complexity index is 713. The second-order valence-corrected chi connectivity index (χ2v) is 5.69. The average molecular weight is 313 g/mol. The summed E-state index contributed by atoms with van der Waals surface area (Å²) in [6.45, 7) is 1.24. The average Bonchev–Trinajstić information content (AvgIpc) is 3.22. The fourth-order valence-electron chi connectivity index (χ4n) is 2.99. The summed E-state index contributed by atoms with van der Waals surface area (Å²) in [4.78, 5) is 12.3. The Morgan fingerprint density at radius 2 is 2.43 bits per heavy atom. The number of hydrogen-bond donors (Lipinski definition) is 2. The first kappa shape index (κ1) is 15.3. The molecule has 0 unspecified atom stereocenters.